The molecule has 27 heavy (non-hydrogen) atoms. The van der Waals surface area contributed by atoms with Crippen molar-refractivity contribution in [1.82, 2.24) is 9.97 Å². The van der Waals surface area contributed by atoms with Crippen LogP contribution < -0.4 is 5.32 Å². The number of carbonyl (C=O) groups is 1. The van der Waals surface area contributed by atoms with Crippen LogP contribution in [0.3, 0.4) is 0 Å². The highest BCUT2D eigenvalue weighted by molar-refractivity contribution is 7.98. The van der Waals surface area contributed by atoms with Crippen molar-refractivity contribution in [2.24, 2.45) is 0 Å². The number of aromatic nitrogens is 2. The second-order valence-corrected chi connectivity index (χ2v) is 7.06. The van der Waals surface area contributed by atoms with Gasteiger partial charge < -0.3 is 5.32 Å². The third-order valence-corrected chi connectivity index (χ3v) is 5.20. The summed E-state index contributed by atoms with van der Waals surface area (Å²) in [4.78, 5) is 22.3. The van der Waals surface area contributed by atoms with E-state index in [4.69, 9.17) is 0 Å². The van der Waals surface area contributed by atoms with E-state index in [2.05, 4.69) is 21.4 Å². The van der Waals surface area contributed by atoms with Crippen molar-refractivity contribution >= 4 is 34.3 Å². The van der Waals surface area contributed by atoms with Crippen molar-refractivity contribution in [2.45, 2.75) is 10.6 Å². The molecule has 2 heterocycles. The maximum Gasteiger partial charge on any atom is 0.257 e. The van der Waals surface area contributed by atoms with Gasteiger partial charge in [0.15, 0.2) is 0 Å². The van der Waals surface area contributed by atoms with Gasteiger partial charge in [0, 0.05) is 40.3 Å². The summed E-state index contributed by atoms with van der Waals surface area (Å²) in [5, 5.41) is 3.90. The van der Waals surface area contributed by atoms with Gasteiger partial charge in [0.05, 0.1) is 11.1 Å². The van der Waals surface area contributed by atoms with Crippen molar-refractivity contribution in [3.63, 3.8) is 0 Å². The number of amides is 1. The molecular formula is C22H17N3OS. The number of rotatable bonds is 5. The minimum absolute atomic E-state index is 0.157. The Bertz CT molecular complexity index is 1060. The molecule has 132 valence electrons. The van der Waals surface area contributed by atoms with Gasteiger partial charge in [0.2, 0.25) is 0 Å². The second-order valence-electron chi connectivity index (χ2n) is 6.01. The molecule has 5 heteroatoms. The highest BCUT2D eigenvalue weighted by Gasteiger charge is 2.11. The van der Waals surface area contributed by atoms with Gasteiger partial charge in [-0.05, 0) is 48.0 Å². The van der Waals surface area contributed by atoms with Crippen molar-refractivity contribution in [2.75, 3.05) is 5.32 Å². The molecule has 0 saturated carbocycles. The topological polar surface area (TPSA) is 54.9 Å². The summed E-state index contributed by atoms with van der Waals surface area (Å²) in [6.45, 7) is 0. The van der Waals surface area contributed by atoms with Crippen LogP contribution in [0.15, 0.2) is 90.2 Å². The number of pyridine rings is 2. The number of benzene rings is 2. The zero-order valence-corrected chi connectivity index (χ0v) is 15.3. The number of para-hydroxylation sites is 1. The molecular weight excluding hydrogens is 354 g/mol. The van der Waals surface area contributed by atoms with E-state index in [0.29, 0.717) is 11.1 Å². The molecule has 1 amide bonds. The van der Waals surface area contributed by atoms with Gasteiger partial charge in [-0.15, -0.1) is 11.8 Å². The minimum atomic E-state index is -0.157. The van der Waals surface area contributed by atoms with Gasteiger partial charge in [-0.3, -0.25) is 14.8 Å². The van der Waals surface area contributed by atoms with Crippen LogP contribution in [0.5, 0.6) is 0 Å². The third-order valence-electron chi connectivity index (χ3n) is 4.12. The predicted octanol–water partition coefficient (Wildman–Crippen LogP) is 5.17. The first-order valence-corrected chi connectivity index (χ1v) is 9.55. The molecule has 2 aromatic heterocycles. The summed E-state index contributed by atoms with van der Waals surface area (Å²) in [5.74, 6) is 0.705. The Hall–Kier alpha value is -3.18. The Kier molecular flexibility index (Phi) is 5.12. The number of anilines is 1. The number of nitrogens with one attached hydrogen (secondary N) is 1. The standard InChI is InChI=1S/C22H17N3OS/c26-22(20-7-1-5-17-6-3-13-24-21(17)20)25-18-8-10-19(11-9-18)27-15-16-4-2-12-23-14-16/h1-14H,15H2,(H,25,26). The SMILES string of the molecule is O=C(Nc1ccc(SCc2cccnc2)cc1)c1cccc2cccnc12. The normalized spacial score (nSPS) is 10.7. The number of fused-ring (bicyclic) bond motifs is 1. The highest BCUT2D eigenvalue weighted by Crippen LogP contribution is 2.24. The first-order chi connectivity index (χ1) is 13.3. The van der Waals surface area contributed by atoms with E-state index in [1.54, 1.807) is 30.2 Å². The maximum atomic E-state index is 12.7. The van der Waals surface area contributed by atoms with Crippen LogP contribution in [0.25, 0.3) is 10.9 Å². The van der Waals surface area contributed by atoms with Crippen LogP contribution in [-0.2, 0) is 5.75 Å². The molecule has 0 aliphatic heterocycles. The number of hydrogen-bond donors (Lipinski definition) is 1. The number of nitrogens with zero attached hydrogens (tertiary/aromatic N) is 2. The largest absolute Gasteiger partial charge is 0.322 e. The lowest BCUT2D eigenvalue weighted by atomic mass is 10.1. The fourth-order valence-electron chi connectivity index (χ4n) is 2.77. The first-order valence-electron chi connectivity index (χ1n) is 8.56. The van der Waals surface area contributed by atoms with E-state index in [-0.39, 0.29) is 5.91 Å². The predicted molar refractivity (Wildman–Crippen MR) is 110 cm³/mol. The van der Waals surface area contributed by atoms with E-state index in [1.807, 2.05) is 60.8 Å². The van der Waals surface area contributed by atoms with Gasteiger partial charge in [-0.2, -0.15) is 0 Å². The molecule has 4 aromatic rings. The van der Waals surface area contributed by atoms with Crippen LogP contribution in [0.2, 0.25) is 0 Å². The fraction of sp³-hybridized carbons (Fsp3) is 0.0455. The molecule has 0 fully saturated rings. The van der Waals surface area contributed by atoms with Gasteiger partial charge >= 0.3 is 0 Å². The van der Waals surface area contributed by atoms with Gasteiger partial charge in [-0.1, -0.05) is 24.3 Å². The number of hydrogen-bond acceptors (Lipinski definition) is 4. The Morgan fingerprint density at radius 3 is 2.56 bits per heavy atom. The lowest BCUT2D eigenvalue weighted by molar-refractivity contribution is 0.102. The summed E-state index contributed by atoms with van der Waals surface area (Å²) in [6.07, 6.45) is 5.35. The molecule has 0 unspecified atom stereocenters. The number of carbonyl (C=O) groups excluding carboxylic acids is 1. The Morgan fingerprint density at radius 2 is 1.74 bits per heavy atom. The average molecular weight is 371 g/mol. The van der Waals surface area contributed by atoms with Gasteiger partial charge in [-0.25, -0.2) is 0 Å². The molecule has 0 atom stereocenters. The van der Waals surface area contributed by atoms with E-state index in [0.717, 1.165) is 21.7 Å². The molecule has 0 aliphatic carbocycles. The molecule has 0 saturated heterocycles. The minimum Gasteiger partial charge on any atom is -0.322 e. The highest BCUT2D eigenvalue weighted by atomic mass is 32.2. The molecule has 4 rings (SSSR count). The molecule has 0 spiro atoms. The van der Waals surface area contributed by atoms with Gasteiger partial charge in [0.1, 0.15) is 0 Å². The Morgan fingerprint density at radius 1 is 0.926 bits per heavy atom. The second kappa shape index (κ2) is 8.01. The summed E-state index contributed by atoms with van der Waals surface area (Å²) in [7, 11) is 0. The van der Waals surface area contributed by atoms with Crippen molar-refractivity contribution in [3.8, 4) is 0 Å². The Balaban J connectivity index is 1.44. The Labute approximate surface area is 161 Å². The van der Waals surface area contributed by atoms with E-state index in [1.165, 1.54) is 5.56 Å². The van der Waals surface area contributed by atoms with E-state index in [9.17, 15) is 4.79 Å². The van der Waals surface area contributed by atoms with Crippen molar-refractivity contribution in [1.29, 1.82) is 0 Å². The monoisotopic (exact) mass is 371 g/mol. The number of thioether (sulfide) groups is 1. The van der Waals surface area contributed by atoms with Crippen LogP contribution >= 0.6 is 11.8 Å². The van der Waals surface area contributed by atoms with Gasteiger partial charge in [0.25, 0.3) is 5.91 Å². The summed E-state index contributed by atoms with van der Waals surface area (Å²) in [5.41, 5.74) is 3.23. The summed E-state index contributed by atoms with van der Waals surface area (Å²) in [6, 6.07) is 21.3. The first kappa shape index (κ1) is 17.2. The quantitative estimate of drug-likeness (QED) is 0.492. The van der Waals surface area contributed by atoms with Crippen LogP contribution in [-0.4, -0.2) is 15.9 Å². The maximum absolute atomic E-state index is 12.7. The molecule has 1 N–H and O–H groups in total. The molecule has 2 aromatic carbocycles. The van der Waals surface area contributed by atoms with Crippen LogP contribution in [0, 0.1) is 0 Å². The lowest BCUT2D eigenvalue weighted by Gasteiger charge is -2.08. The summed E-state index contributed by atoms with van der Waals surface area (Å²) < 4.78 is 0. The van der Waals surface area contributed by atoms with E-state index < -0.39 is 0 Å². The van der Waals surface area contributed by atoms with Crippen LogP contribution in [0.1, 0.15) is 15.9 Å². The molecule has 4 nitrogen and oxygen atoms in total. The summed E-state index contributed by atoms with van der Waals surface area (Å²) >= 11 is 1.74. The molecule has 0 aliphatic rings. The third kappa shape index (κ3) is 4.15. The van der Waals surface area contributed by atoms with Crippen LogP contribution in [0.4, 0.5) is 5.69 Å². The van der Waals surface area contributed by atoms with Crippen molar-refractivity contribution < 1.29 is 4.79 Å². The van der Waals surface area contributed by atoms with E-state index >= 15 is 0 Å². The zero-order chi connectivity index (χ0) is 18.5. The zero-order valence-electron chi connectivity index (χ0n) is 14.5. The average Bonchev–Trinajstić information content (AvgIpc) is 2.73. The lowest BCUT2D eigenvalue weighted by Crippen LogP contribution is -2.12. The van der Waals surface area contributed by atoms with Crippen molar-refractivity contribution in [3.05, 3.63) is 96.4 Å². The molecule has 0 bridgehead atoms. The smallest absolute Gasteiger partial charge is 0.257 e. The molecule has 0 radical (unpaired) electrons. The fourth-order valence-corrected chi connectivity index (χ4v) is 3.60.